The molecule has 0 spiro atoms. The fourth-order valence-corrected chi connectivity index (χ4v) is 2.00. The molecule has 2 aromatic rings. The molecule has 0 aliphatic heterocycles. The Hall–Kier alpha value is -1.86. The molecule has 1 aromatic heterocycles. The molecule has 1 aromatic carbocycles. The van der Waals surface area contributed by atoms with Gasteiger partial charge in [-0.25, -0.2) is 4.98 Å². The minimum atomic E-state index is -0.0438. The molecule has 2 rings (SSSR count). The minimum Gasteiger partial charge on any atom is -0.441 e. The first-order valence-corrected chi connectivity index (χ1v) is 5.98. The second-order valence-corrected chi connectivity index (χ2v) is 5.06. The van der Waals surface area contributed by atoms with Crippen LogP contribution in [0.15, 0.2) is 22.6 Å². The highest BCUT2D eigenvalue weighted by Gasteiger charge is 2.21. The normalized spacial score (nSPS) is 11.7. The van der Waals surface area contributed by atoms with Gasteiger partial charge in [-0.3, -0.25) is 0 Å². The van der Waals surface area contributed by atoms with E-state index in [4.69, 9.17) is 9.68 Å². The van der Waals surface area contributed by atoms with E-state index < -0.39 is 0 Å². The minimum absolute atomic E-state index is 0.0438. The molecule has 0 unspecified atom stereocenters. The van der Waals surface area contributed by atoms with Gasteiger partial charge in [0.15, 0.2) is 11.5 Å². The van der Waals surface area contributed by atoms with Crippen LogP contribution in [0.3, 0.4) is 0 Å². The summed E-state index contributed by atoms with van der Waals surface area (Å²) < 4.78 is 5.46. The zero-order valence-electron chi connectivity index (χ0n) is 10.9. The van der Waals surface area contributed by atoms with Crippen LogP contribution in [0.1, 0.15) is 25.3 Å². The summed E-state index contributed by atoms with van der Waals surface area (Å²) in [5, 5.41) is 11.7. The van der Waals surface area contributed by atoms with E-state index >= 15 is 0 Å². The van der Waals surface area contributed by atoms with Gasteiger partial charge in [0.1, 0.15) is 5.52 Å². The maximum absolute atomic E-state index is 8.54. The molecule has 0 bridgehead atoms. The lowest BCUT2D eigenvalue weighted by atomic mass is 9.84. The van der Waals surface area contributed by atoms with Gasteiger partial charge in [0.25, 0.3) is 0 Å². The van der Waals surface area contributed by atoms with Gasteiger partial charge >= 0.3 is 0 Å². The van der Waals surface area contributed by atoms with Gasteiger partial charge in [-0.1, -0.05) is 19.9 Å². The number of fused-ring (bicyclic) bond motifs is 1. The van der Waals surface area contributed by atoms with E-state index in [1.165, 1.54) is 5.56 Å². The molecule has 0 atom stereocenters. The molecule has 1 heterocycles. The number of hydrogen-bond donors (Lipinski definition) is 1. The first-order valence-electron chi connectivity index (χ1n) is 5.98. The molecule has 1 N–H and O–H groups in total. The van der Waals surface area contributed by atoms with Gasteiger partial charge in [0, 0.05) is 18.9 Å². The number of hydrogen-bond acceptors (Lipinski definition) is 4. The summed E-state index contributed by atoms with van der Waals surface area (Å²) in [6.07, 6.45) is 0. The van der Waals surface area contributed by atoms with Crippen molar-refractivity contribution in [1.29, 1.82) is 5.26 Å². The topological polar surface area (TPSA) is 61.9 Å². The highest BCUT2D eigenvalue weighted by Crippen LogP contribution is 2.26. The molecule has 0 saturated carbocycles. The molecule has 4 heteroatoms. The number of nitrogens with zero attached hydrogens (tertiary/aromatic N) is 2. The second-order valence-electron chi connectivity index (χ2n) is 5.06. The van der Waals surface area contributed by atoms with E-state index in [1.54, 1.807) is 0 Å². The zero-order valence-corrected chi connectivity index (χ0v) is 10.9. The van der Waals surface area contributed by atoms with Gasteiger partial charge in [0.2, 0.25) is 0 Å². The van der Waals surface area contributed by atoms with Crippen LogP contribution in [0.5, 0.6) is 0 Å². The smallest absolute Gasteiger partial charge is 0.192 e. The third-order valence-electron chi connectivity index (χ3n) is 3.05. The highest BCUT2D eigenvalue weighted by atomic mass is 16.3. The van der Waals surface area contributed by atoms with E-state index in [2.05, 4.69) is 42.4 Å². The van der Waals surface area contributed by atoms with Crippen LogP contribution in [0.25, 0.3) is 11.1 Å². The zero-order chi connectivity index (χ0) is 13.2. The number of rotatable bonds is 4. The van der Waals surface area contributed by atoms with E-state index in [0.717, 1.165) is 17.6 Å². The molecule has 0 fully saturated rings. The van der Waals surface area contributed by atoms with Gasteiger partial charge in [-0.15, -0.1) is 0 Å². The lowest BCUT2D eigenvalue weighted by Crippen LogP contribution is -2.33. The Kier molecular flexibility index (Phi) is 3.35. The van der Waals surface area contributed by atoms with Crippen molar-refractivity contribution in [2.24, 2.45) is 0 Å². The van der Waals surface area contributed by atoms with Gasteiger partial charge in [-0.2, -0.15) is 5.26 Å². The van der Waals surface area contributed by atoms with Crippen molar-refractivity contribution < 1.29 is 4.42 Å². The van der Waals surface area contributed by atoms with Crippen LogP contribution >= 0.6 is 0 Å². The molecule has 0 radical (unpaired) electrons. The quantitative estimate of drug-likeness (QED) is 0.662. The molecular weight excluding hydrogens is 226 g/mol. The number of oxazole rings is 1. The van der Waals surface area contributed by atoms with Crippen molar-refractivity contribution in [3.05, 3.63) is 29.7 Å². The molecule has 0 aliphatic carbocycles. The second kappa shape index (κ2) is 4.79. The van der Waals surface area contributed by atoms with Gasteiger partial charge in [0.05, 0.1) is 12.6 Å². The Labute approximate surface area is 107 Å². The Morgan fingerprint density at radius 3 is 2.94 bits per heavy atom. The van der Waals surface area contributed by atoms with E-state index in [-0.39, 0.29) is 5.41 Å². The lowest BCUT2D eigenvalue weighted by Gasteiger charge is -2.25. The number of aromatic nitrogens is 1. The van der Waals surface area contributed by atoms with Crippen LogP contribution in [0.2, 0.25) is 0 Å². The Balaban J connectivity index is 2.26. The SMILES string of the molecule is Cc1nc2cc(C(C)(C)CNCC#N)ccc2o1. The van der Waals surface area contributed by atoms with Crippen molar-refractivity contribution in [3.8, 4) is 6.07 Å². The molecule has 0 amide bonds. The Morgan fingerprint density at radius 2 is 2.22 bits per heavy atom. The van der Waals surface area contributed by atoms with Crippen molar-refractivity contribution in [2.45, 2.75) is 26.2 Å². The number of benzene rings is 1. The summed E-state index contributed by atoms with van der Waals surface area (Å²) in [6, 6.07) is 8.15. The number of aryl methyl sites for hydroxylation is 1. The van der Waals surface area contributed by atoms with E-state index in [0.29, 0.717) is 12.4 Å². The van der Waals surface area contributed by atoms with Crippen molar-refractivity contribution >= 4 is 11.1 Å². The summed E-state index contributed by atoms with van der Waals surface area (Å²) in [6.45, 7) is 7.26. The van der Waals surface area contributed by atoms with E-state index in [1.807, 2.05) is 13.0 Å². The van der Waals surface area contributed by atoms with Crippen LogP contribution in [-0.2, 0) is 5.41 Å². The van der Waals surface area contributed by atoms with Crippen LogP contribution in [0.4, 0.5) is 0 Å². The Morgan fingerprint density at radius 1 is 1.44 bits per heavy atom. The summed E-state index contributed by atoms with van der Waals surface area (Å²) >= 11 is 0. The molecule has 4 nitrogen and oxygen atoms in total. The number of nitrogens with one attached hydrogen (secondary N) is 1. The van der Waals surface area contributed by atoms with Crippen molar-refractivity contribution in [2.75, 3.05) is 13.1 Å². The Bertz CT molecular complexity index is 593. The largest absolute Gasteiger partial charge is 0.441 e. The first-order chi connectivity index (χ1) is 8.53. The monoisotopic (exact) mass is 243 g/mol. The van der Waals surface area contributed by atoms with Crippen molar-refractivity contribution in [3.63, 3.8) is 0 Å². The maximum Gasteiger partial charge on any atom is 0.192 e. The fraction of sp³-hybridized carbons (Fsp3) is 0.429. The third kappa shape index (κ3) is 2.52. The molecule has 0 saturated heterocycles. The number of nitriles is 1. The first kappa shape index (κ1) is 12.6. The molecule has 94 valence electrons. The molecule has 18 heavy (non-hydrogen) atoms. The van der Waals surface area contributed by atoms with Crippen LogP contribution in [0, 0.1) is 18.3 Å². The van der Waals surface area contributed by atoms with E-state index in [9.17, 15) is 0 Å². The predicted molar refractivity (Wildman–Crippen MR) is 70.3 cm³/mol. The average Bonchev–Trinajstić information content (AvgIpc) is 2.68. The average molecular weight is 243 g/mol. The molecular formula is C14H17N3O. The summed E-state index contributed by atoms with van der Waals surface area (Å²) in [4.78, 5) is 4.34. The standard InChI is InChI=1S/C14H17N3O/c1-10-17-12-8-11(4-5-13(12)18-10)14(2,3)9-16-7-6-15/h4-5,8,16H,7,9H2,1-3H3. The summed E-state index contributed by atoms with van der Waals surface area (Å²) in [5.74, 6) is 0.683. The fourth-order valence-electron chi connectivity index (χ4n) is 2.00. The predicted octanol–water partition coefficient (Wildman–Crippen LogP) is 2.53. The van der Waals surface area contributed by atoms with Crippen LogP contribution < -0.4 is 5.32 Å². The lowest BCUT2D eigenvalue weighted by molar-refractivity contribution is 0.485. The summed E-state index contributed by atoms with van der Waals surface area (Å²) in [5.41, 5.74) is 2.85. The maximum atomic E-state index is 8.54. The molecule has 0 aliphatic rings. The van der Waals surface area contributed by atoms with Gasteiger partial charge in [-0.05, 0) is 17.7 Å². The van der Waals surface area contributed by atoms with Gasteiger partial charge < -0.3 is 9.73 Å². The summed E-state index contributed by atoms with van der Waals surface area (Å²) in [7, 11) is 0. The van der Waals surface area contributed by atoms with Crippen LogP contribution in [-0.4, -0.2) is 18.1 Å². The van der Waals surface area contributed by atoms with Crippen molar-refractivity contribution in [1.82, 2.24) is 10.3 Å². The highest BCUT2D eigenvalue weighted by molar-refractivity contribution is 5.73. The third-order valence-corrected chi connectivity index (χ3v) is 3.05.